The predicted octanol–water partition coefficient (Wildman–Crippen LogP) is 8.18. The Bertz CT molecular complexity index is 1690. The van der Waals surface area contributed by atoms with E-state index in [1.807, 2.05) is 109 Å². The van der Waals surface area contributed by atoms with Crippen LogP contribution in [0.15, 0.2) is 109 Å². The van der Waals surface area contributed by atoms with Gasteiger partial charge in [0.05, 0.1) is 0 Å². The van der Waals surface area contributed by atoms with Gasteiger partial charge >= 0.3 is 0 Å². The molecule has 0 unspecified atom stereocenters. The number of ether oxygens (including phenoxy) is 2. The Morgan fingerprint density at radius 1 is 0.395 bits per heavy atom. The predicted molar refractivity (Wildman–Crippen MR) is 152 cm³/mol. The van der Waals surface area contributed by atoms with Crippen molar-refractivity contribution in [1.82, 2.24) is 0 Å². The molecule has 1 heterocycles. The molecule has 0 fully saturated rings. The number of phenols is 2. The van der Waals surface area contributed by atoms with Crippen LogP contribution in [0.4, 0.5) is 0 Å². The largest absolute Gasteiger partial charge is 0.507 e. The lowest BCUT2D eigenvalue weighted by molar-refractivity contribution is 0.217. The molecular formula is C34H24O4. The summed E-state index contributed by atoms with van der Waals surface area (Å²) in [5.74, 6) is 1.64. The van der Waals surface area contributed by atoms with Gasteiger partial charge in [-0.05, 0) is 11.1 Å². The van der Waals surface area contributed by atoms with Gasteiger partial charge in [-0.3, -0.25) is 0 Å². The third-order valence-electron chi connectivity index (χ3n) is 7.23. The lowest BCUT2D eigenvalue weighted by Crippen LogP contribution is -2.14. The molecule has 2 N–H and O–H groups in total. The maximum atomic E-state index is 11.8. The van der Waals surface area contributed by atoms with Crippen LogP contribution in [0.1, 0.15) is 0 Å². The summed E-state index contributed by atoms with van der Waals surface area (Å²) < 4.78 is 12.9. The van der Waals surface area contributed by atoms with E-state index < -0.39 is 0 Å². The standard InChI is InChI=1S/C34H24O4/c35-31-23-15-7-9-17-25(23)33-29(27(31)21-11-3-1-4-12-21)30-28(22-13-5-2-6-14-22)32(36)24-16-8-10-18-26(24)34(30)38-20-19-37-33/h1-18,35-36H,19-20H2. The summed E-state index contributed by atoms with van der Waals surface area (Å²) in [6, 6.07) is 35.1. The van der Waals surface area contributed by atoms with Gasteiger partial charge in [0.1, 0.15) is 36.2 Å². The van der Waals surface area contributed by atoms with E-state index in [0.717, 1.165) is 21.9 Å². The van der Waals surface area contributed by atoms with Crippen LogP contribution in [0.2, 0.25) is 0 Å². The van der Waals surface area contributed by atoms with Crippen molar-refractivity contribution < 1.29 is 19.7 Å². The number of phenolic OH excluding ortho intramolecular Hbond substituents is 2. The molecule has 7 rings (SSSR count). The summed E-state index contributed by atoms with van der Waals surface area (Å²) in [6.45, 7) is 0.677. The van der Waals surface area contributed by atoms with Gasteiger partial charge in [-0.1, -0.05) is 109 Å². The van der Waals surface area contributed by atoms with Gasteiger partial charge in [0.15, 0.2) is 0 Å². The van der Waals surface area contributed by atoms with E-state index in [1.165, 1.54) is 0 Å². The third kappa shape index (κ3) is 3.31. The van der Waals surface area contributed by atoms with Crippen molar-refractivity contribution in [3.8, 4) is 56.4 Å². The zero-order valence-electron chi connectivity index (χ0n) is 20.5. The highest BCUT2D eigenvalue weighted by Gasteiger charge is 2.31. The molecule has 4 heteroatoms. The van der Waals surface area contributed by atoms with E-state index in [9.17, 15) is 10.2 Å². The molecule has 0 saturated carbocycles. The molecule has 0 bridgehead atoms. The van der Waals surface area contributed by atoms with Crippen LogP contribution >= 0.6 is 0 Å². The van der Waals surface area contributed by atoms with Gasteiger partial charge in [-0.2, -0.15) is 0 Å². The highest BCUT2D eigenvalue weighted by Crippen LogP contribution is 2.58. The van der Waals surface area contributed by atoms with Gasteiger partial charge in [0.25, 0.3) is 0 Å². The molecule has 6 aromatic rings. The second-order valence-electron chi connectivity index (χ2n) is 9.38. The minimum Gasteiger partial charge on any atom is -0.507 e. The van der Waals surface area contributed by atoms with Crippen LogP contribution in [0.25, 0.3) is 54.9 Å². The first-order valence-electron chi connectivity index (χ1n) is 12.7. The molecule has 0 radical (unpaired) electrons. The summed E-state index contributed by atoms with van der Waals surface area (Å²) in [4.78, 5) is 0. The summed E-state index contributed by atoms with van der Waals surface area (Å²) in [6.07, 6.45) is 0. The highest BCUT2D eigenvalue weighted by molar-refractivity contribution is 6.15. The van der Waals surface area contributed by atoms with Gasteiger partial charge in [0.2, 0.25) is 0 Å². The zero-order chi connectivity index (χ0) is 25.6. The fraction of sp³-hybridized carbons (Fsp3) is 0.0588. The topological polar surface area (TPSA) is 58.9 Å². The molecular weight excluding hydrogens is 472 g/mol. The van der Waals surface area contributed by atoms with Crippen LogP contribution in [0.3, 0.4) is 0 Å². The Labute approximate surface area is 220 Å². The van der Waals surface area contributed by atoms with Crippen LogP contribution in [0.5, 0.6) is 23.0 Å². The Balaban J connectivity index is 1.76. The minimum atomic E-state index is 0.160. The third-order valence-corrected chi connectivity index (χ3v) is 7.23. The summed E-state index contributed by atoms with van der Waals surface area (Å²) in [5, 5.41) is 26.7. The normalized spacial score (nSPS) is 12.6. The van der Waals surface area contributed by atoms with Crippen LogP contribution < -0.4 is 9.47 Å². The molecule has 1 aliphatic heterocycles. The molecule has 38 heavy (non-hydrogen) atoms. The maximum Gasteiger partial charge on any atom is 0.136 e. The van der Waals surface area contributed by atoms with Gasteiger partial charge in [-0.15, -0.1) is 0 Å². The van der Waals surface area contributed by atoms with Crippen molar-refractivity contribution in [3.63, 3.8) is 0 Å². The molecule has 0 saturated heterocycles. The average Bonchev–Trinajstić information content (AvgIpc) is 2.96. The highest BCUT2D eigenvalue weighted by atomic mass is 16.5. The van der Waals surface area contributed by atoms with Crippen LogP contribution in [-0.4, -0.2) is 23.4 Å². The first-order valence-corrected chi connectivity index (χ1v) is 12.7. The molecule has 0 aromatic heterocycles. The molecule has 0 spiro atoms. The summed E-state index contributed by atoms with van der Waals surface area (Å²) in [7, 11) is 0. The average molecular weight is 497 g/mol. The van der Waals surface area contributed by atoms with Gasteiger partial charge in [0, 0.05) is 43.8 Å². The monoisotopic (exact) mass is 496 g/mol. The van der Waals surface area contributed by atoms with Gasteiger partial charge < -0.3 is 19.7 Å². The second-order valence-corrected chi connectivity index (χ2v) is 9.38. The smallest absolute Gasteiger partial charge is 0.136 e. The van der Waals surface area contributed by atoms with Crippen molar-refractivity contribution in [3.05, 3.63) is 109 Å². The molecule has 1 aliphatic rings. The Morgan fingerprint density at radius 3 is 1.13 bits per heavy atom. The molecule has 4 nitrogen and oxygen atoms in total. The van der Waals surface area contributed by atoms with Crippen molar-refractivity contribution in [2.75, 3.05) is 13.2 Å². The first kappa shape index (κ1) is 22.3. The lowest BCUT2D eigenvalue weighted by atomic mass is 9.83. The molecule has 184 valence electrons. The van der Waals surface area contributed by atoms with Crippen molar-refractivity contribution >= 4 is 21.5 Å². The molecule has 0 aliphatic carbocycles. The number of fused-ring (bicyclic) bond motifs is 7. The summed E-state index contributed by atoms with van der Waals surface area (Å²) in [5.41, 5.74) is 4.35. The number of hydrogen-bond donors (Lipinski definition) is 2. The number of benzene rings is 6. The van der Waals surface area contributed by atoms with Crippen LogP contribution in [0, 0.1) is 0 Å². The quantitative estimate of drug-likeness (QED) is 0.254. The van der Waals surface area contributed by atoms with Gasteiger partial charge in [-0.25, -0.2) is 0 Å². The molecule has 0 atom stereocenters. The fourth-order valence-electron chi connectivity index (χ4n) is 5.61. The van der Waals surface area contributed by atoms with Crippen molar-refractivity contribution in [1.29, 1.82) is 0 Å². The SMILES string of the molecule is Oc1c(-c2ccccc2)c2c(c3ccccc13)OCCOc1c-2c(-c2ccccc2)c(O)c2ccccc12. The number of aromatic hydroxyl groups is 2. The summed E-state index contributed by atoms with van der Waals surface area (Å²) >= 11 is 0. The zero-order valence-corrected chi connectivity index (χ0v) is 20.5. The maximum absolute atomic E-state index is 11.8. The van der Waals surface area contributed by atoms with E-state index in [0.29, 0.717) is 57.7 Å². The number of hydrogen-bond acceptors (Lipinski definition) is 4. The van der Waals surface area contributed by atoms with E-state index in [2.05, 4.69) is 0 Å². The van der Waals surface area contributed by atoms with E-state index in [1.54, 1.807) is 0 Å². The van der Waals surface area contributed by atoms with E-state index in [-0.39, 0.29) is 11.5 Å². The Hall–Kier alpha value is -4.96. The van der Waals surface area contributed by atoms with E-state index >= 15 is 0 Å². The Morgan fingerprint density at radius 2 is 0.737 bits per heavy atom. The van der Waals surface area contributed by atoms with E-state index in [4.69, 9.17) is 9.47 Å². The molecule has 6 aromatic carbocycles. The first-order chi connectivity index (χ1) is 18.7. The lowest BCUT2D eigenvalue weighted by Gasteiger charge is -2.28. The Kier molecular flexibility index (Phi) is 5.19. The van der Waals surface area contributed by atoms with Crippen molar-refractivity contribution in [2.24, 2.45) is 0 Å². The minimum absolute atomic E-state index is 0.160. The van der Waals surface area contributed by atoms with Crippen molar-refractivity contribution in [2.45, 2.75) is 0 Å². The van der Waals surface area contributed by atoms with Crippen LogP contribution in [-0.2, 0) is 0 Å². The fourth-order valence-corrected chi connectivity index (χ4v) is 5.61. The number of rotatable bonds is 2. The second kappa shape index (κ2) is 8.86. The molecule has 0 amide bonds.